The van der Waals surface area contributed by atoms with E-state index in [4.69, 9.17) is 14.3 Å². The lowest BCUT2D eigenvalue weighted by Crippen LogP contribution is -2.30. The first-order valence-corrected chi connectivity index (χ1v) is 9.66. The second kappa shape index (κ2) is 9.78. The summed E-state index contributed by atoms with van der Waals surface area (Å²) in [6.45, 7) is 5.97. The minimum Gasteiger partial charge on any atom is -0.486 e. The summed E-state index contributed by atoms with van der Waals surface area (Å²) in [4.78, 5) is 28.4. The summed E-state index contributed by atoms with van der Waals surface area (Å²) in [5.74, 6) is 0.977. The molecule has 8 nitrogen and oxygen atoms in total. The van der Waals surface area contributed by atoms with E-state index in [0.717, 1.165) is 11.1 Å². The fourth-order valence-corrected chi connectivity index (χ4v) is 2.93. The van der Waals surface area contributed by atoms with Crippen molar-refractivity contribution >= 4 is 23.2 Å². The van der Waals surface area contributed by atoms with E-state index in [2.05, 4.69) is 15.8 Å². The van der Waals surface area contributed by atoms with Crippen LogP contribution in [0.2, 0.25) is 0 Å². The summed E-state index contributed by atoms with van der Waals surface area (Å²) in [6.07, 6.45) is 0. The molecule has 2 N–H and O–H groups in total. The van der Waals surface area contributed by atoms with E-state index in [9.17, 15) is 9.59 Å². The quantitative estimate of drug-likeness (QED) is 0.539. The van der Waals surface area contributed by atoms with Gasteiger partial charge in [-0.3, -0.25) is 9.59 Å². The van der Waals surface area contributed by atoms with Crippen LogP contribution in [-0.4, -0.2) is 37.3 Å². The first-order valence-electron chi connectivity index (χ1n) is 9.66. The number of amides is 2. The highest BCUT2D eigenvalue weighted by Crippen LogP contribution is 2.32. The molecule has 1 atom stereocenters. The molecule has 2 amide bonds. The van der Waals surface area contributed by atoms with Gasteiger partial charge in [0.1, 0.15) is 13.2 Å². The van der Waals surface area contributed by atoms with E-state index in [0.29, 0.717) is 36.1 Å². The van der Waals surface area contributed by atoms with Crippen LogP contribution in [0.25, 0.3) is 0 Å². The third kappa shape index (κ3) is 5.73. The molecule has 3 rings (SSSR count). The molecule has 1 unspecified atom stereocenters. The Morgan fingerprint density at radius 1 is 1.07 bits per heavy atom. The Morgan fingerprint density at radius 2 is 1.77 bits per heavy atom. The topological polar surface area (TPSA) is 98.2 Å². The fourth-order valence-electron chi connectivity index (χ4n) is 2.93. The Hall–Kier alpha value is -3.55. The molecule has 158 valence electrons. The SMILES string of the molecule is CC(=O)Nc1ccc(/C(C)=N\OCC(=O)NC(C)c2ccc3c(c2)OCCO3)cc1. The van der Waals surface area contributed by atoms with Gasteiger partial charge in [0, 0.05) is 12.6 Å². The maximum Gasteiger partial charge on any atom is 0.261 e. The first kappa shape index (κ1) is 21.2. The molecule has 0 bridgehead atoms. The normalized spacial score (nSPS) is 13.9. The molecule has 0 saturated heterocycles. The predicted octanol–water partition coefficient (Wildman–Crippen LogP) is 3.03. The molecule has 0 saturated carbocycles. The van der Waals surface area contributed by atoms with Crippen molar-refractivity contribution in [2.75, 3.05) is 25.1 Å². The van der Waals surface area contributed by atoms with Gasteiger partial charge in [-0.1, -0.05) is 23.4 Å². The summed E-state index contributed by atoms with van der Waals surface area (Å²) < 4.78 is 11.1. The van der Waals surface area contributed by atoms with Gasteiger partial charge >= 0.3 is 0 Å². The number of anilines is 1. The number of fused-ring (bicyclic) bond motifs is 1. The number of nitrogens with zero attached hydrogens (tertiary/aromatic N) is 1. The standard InChI is InChI=1S/C22H25N3O5/c1-14(18-6-9-20-21(12-18)29-11-10-28-20)23-22(27)13-30-25-15(2)17-4-7-19(8-5-17)24-16(3)26/h4-9,12,14H,10-11,13H2,1-3H3,(H,23,27)(H,24,26)/b25-15-. The third-order valence-electron chi connectivity index (χ3n) is 4.46. The van der Waals surface area contributed by atoms with Crippen molar-refractivity contribution in [3.63, 3.8) is 0 Å². The number of hydrogen-bond donors (Lipinski definition) is 2. The molecule has 0 aromatic heterocycles. The number of carbonyl (C=O) groups excluding carboxylic acids is 2. The minimum atomic E-state index is -0.282. The monoisotopic (exact) mass is 411 g/mol. The van der Waals surface area contributed by atoms with E-state index in [1.807, 2.05) is 37.3 Å². The average molecular weight is 411 g/mol. The van der Waals surface area contributed by atoms with Gasteiger partial charge in [0.15, 0.2) is 18.1 Å². The van der Waals surface area contributed by atoms with Crippen molar-refractivity contribution in [3.05, 3.63) is 53.6 Å². The molecule has 1 heterocycles. The van der Waals surface area contributed by atoms with Crippen LogP contribution in [0.5, 0.6) is 11.5 Å². The second-order valence-corrected chi connectivity index (χ2v) is 6.90. The Labute approximate surface area is 175 Å². The highest BCUT2D eigenvalue weighted by molar-refractivity contribution is 5.99. The lowest BCUT2D eigenvalue weighted by atomic mass is 10.1. The smallest absolute Gasteiger partial charge is 0.261 e. The fraction of sp³-hybridized carbons (Fsp3) is 0.318. The van der Waals surface area contributed by atoms with Crippen molar-refractivity contribution in [1.29, 1.82) is 0 Å². The number of benzene rings is 2. The maximum atomic E-state index is 12.2. The third-order valence-corrected chi connectivity index (χ3v) is 4.46. The van der Waals surface area contributed by atoms with E-state index in [1.54, 1.807) is 19.1 Å². The van der Waals surface area contributed by atoms with E-state index < -0.39 is 0 Å². The Balaban J connectivity index is 1.49. The molecule has 2 aromatic rings. The molecular formula is C22H25N3O5. The van der Waals surface area contributed by atoms with Gasteiger partial charge in [-0.25, -0.2) is 0 Å². The van der Waals surface area contributed by atoms with Crippen LogP contribution in [-0.2, 0) is 14.4 Å². The summed E-state index contributed by atoms with van der Waals surface area (Å²) in [5, 5.41) is 9.57. The Morgan fingerprint density at radius 3 is 2.47 bits per heavy atom. The van der Waals surface area contributed by atoms with Crippen molar-refractivity contribution in [2.45, 2.75) is 26.8 Å². The van der Waals surface area contributed by atoms with Crippen LogP contribution in [0.1, 0.15) is 37.9 Å². The van der Waals surface area contributed by atoms with Crippen molar-refractivity contribution < 1.29 is 23.9 Å². The zero-order chi connectivity index (χ0) is 21.5. The number of ether oxygens (including phenoxy) is 2. The largest absolute Gasteiger partial charge is 0.486 e. The van der Waals surface area contributed by atoms with Crippen LogP contribution >= 0.6 is 0 Å². The van der Waals surface area contributed by atoms with Crippen LogP contribution in [0.4, 0.5) is 5.69 Å². The van der Waals surface area contributed by atoms with E-state index in [1.165, 1.54) is 6.92 Å². The summed E-state index contributed by atoms with van der Waals surface area (Å²) in [7, 11) is 0. The molecule has 0 aliphatic carbocycles. The van der Waals surface area contributed by atoms with Gasteiger partial charge in [0.25, 0.3) is 5.91 Å². The zero-order valence-electron chi connectivity index (χ0n) is 17.2. The average Bonchev–Trinajstić information content (AvgIpc) is 2.73. The molecule has 2 aromatic carbocycles. The van der Waals surface area contributed by atoms with Crippen molar-refractivity contribution in [1.82, 2.24) is 5.32 Å². The van der Waals surface area contributed by atoms with Crippen LogP contribution in [0.15, 0.2) is 47.6 Å². The number of hydrogen-bond acceptors (Lipinski definition) is 6. The number of carbonyl (C=O) groups is 2. The van der Waals surface area contributed by atoms with Crippen LogP contribution in [0.3, 0.4) is 0 Å². The molecule has 0 radical (unpaired) electrons. The van der Waals surface area contributed by atoms with Crippen LogP contribution in [0, 0.1) is 0 Å². The summed E-state index contributed by atoms with van der Waals surface area (Å²) in [6, 6.07) is 12.6. The molecule has 30 heavy (non-hydrogen) atoms. The second-order valence-electron chi connectivity index (χ2n) is 6.90. The van der Waals surface area contributed by atoms with E-state index in [-0.39, 0.29) is 24.5 Å². The Kier molecular flexibility index (Phi) is 6.90. The Bertz CT molecular complexity index is 940. The summed E-state index contributed by atoms with van der Waals surface area (Å²) >= 11 is 0. The van der Waals surface area contributed by atoms with Gasteiger partial charge in [0.2, 0.25) is 5.91 Å². The van der Waals surface area contributed by atoms with Crippen molar-refractivity contribution in [2.24, 2.45) is 5.16 Å². The molecular weight excluding hydrogens is 386 g/mol. The molecule has 0 spiro atoms. The highest BCUT2D eigenvalue weighted by Gasteiger charge is 2.16. The number of rotatable bonds is 7. The van der Waals surface area contributed by atoms with Crippen LogP contribution < -0.4 is 20.1 Å². The van der Waals surface area contributed by atoms with E-state index >= 15 is 0 Å². The number of nitrogens with one attached hydrogen (secondary N) is 2. The minimum absolute atomic E-state index is 0.132. The molecule has 0 fully saturated rings. The molecule has 1 aliphatic rings. The maximum absolute atomic E-state index is 12.2. The predicted molar refractivity (Wildman–Crippen MR) is 113 cm³/mol. The van der Waals surface area contributed by atoms with Gasteiger partial charge in [-0.2, -0.15) is 0 Å². The lowest BCUT2D eigenvalue weighted by Gasteiger charge is -2.21. The van der Waals surface area contributed by atoms with Gasteiger partial charge in [0.05, 0.1) is 11.8 Å². The zero-order valence-corrected chi connectivity index (χ0v) is 17.2. The lowest BCUT2D eigenvalue weighted by molar-refractivity contribution is -0.126. The van der Waals surface area contributed by atoms with Gasteiger partial charge in [-0.15, -0.1) is 0 Å². The summed E-state index contributed by atoms with van der Waals surface area (Å²) in [5.41, 5.74) is 3.06. The highest BCUT2D eigenvalue weighted by atomic mass is 16.6. The van der Waals surface area contributed by atoms with Gasteiger partial charge < -0.3 is 24.9 Å². The first-order chi connectivity index (χ1) is 14.4. The van der Waals surface area contributed by atoms with Crippen molar-refractivity contribution in [3.8, 4) is 11.5 Å². The molecule has 1 aliphatic heterocycles. The number of oxime groups is 1. The molecule has 8 heteroatoms. The van der Waals surface area contributed by atoms with Gasteiger partial charge in [-0.05, 0) is 49.2 Å².